The summed E-state index contributed by atoms with van der Waals surface area (Å²) in [4.78, 5) is -0.647. The zero-order valence-corrected chi connectivity index (χ0v) is 12.3. The van der Waals surface area contributed by atoms with Crippen molar-refractivity contribution in [2.45, 2.75) is 36.7 Å². The molecule has 0 spiro atoms. The van der Waals surface area contributed by atoms with Gasteiger partial charge in [-0.15, -0.1) is 0 Å². The molecule has 5 nitrogen and oxygen atoms in total. The molecule has 3 N–H and O–H groups in total. The summed E-state index contributed by atoms with van der Waals surface area (Å²) in [7, 11) is -4.06. The molecule has 118 valence electrons. The zero-order chi connectivity index (χ0) is 15.5. The number of anilines is 1. The van der Waals surface area contributed by atoms with Gasteiger partial charge in [0.1, 0.15) is 16.4 Å². The Morgan fingerprint density at radius 2 is 2.10 bits per heavy atom. The number of hydrogen-bond donors (Lipinski definition) is 2. The Bertz CT molecular complexity index is 602. The lowest BCUT2D eigenvalue weighted by molar-refractivity contribution is 0.0123. The third kappa shape index (κ3) is 3.90. The van der Waals surface area contributed by atoms with Gasteiger partial charge in [-0.3, -0.25) is 0 Å². The van der Waals surface area contributed by atoms with Crippen LogP contribution in [0.15, 0.2) is 17.0 Å². The van der Waals surface area contributed by atoms with E-state index in [1.165, 1.54) is 0 Å². The molecule has 1 fully saturated rings. The van der Waals surface area contributed by atoms with Crippen LogP contribution in [0.4, 0.5) is 14.5 Å². The van der Waals surface area contributed by atoms with Crippen LogP contribution in [0.25, 0.3) is 0 Å². The lowest BCUT2D eigenvalue weighted by Gasteiger charge is -2.22. The van der Waals surface area contributed by atoms with Crippen molar-refractivity contribution in [1.82, 2.24) is 4.72 Å². The molecule has 21 heavy (non-hydrogen) atoms. The average Bonchev–Trinajstić information content (AvgIpc) is 2.45. The third-order valence-corrected chi connectivity index (χ3v) is 4.89. The molecular formula is C13H18F2N2O3S. The summed E-state index contributed by atoms with van der Waals surface area (Å²) in [5, 5.41) is 0. The first kappa shape index (κ1) is 16.1. The highest BCUT2D eigenvalue weighted by molar-refractivity contribution is 7.89. The van der Waals surface area contributed by atoms with E-state index in [-0.39, 0.29) is 12.6 Å². The summed E-state index contributed by atoms with van der Waals surface area (Å²) in [5.41, 5.74) is 4.37. The lowest BCUT2D eigenvalue weighted by Crippen LogP contribution is -2.30. The Hall–Kier alpha value is -1.25. The molecule has 0 radical (unpaired) electrons. The zero-order valence-electron chi connectivity index (χ0n) is 11.4. The molecule has 1 heterocycles. The summed E-state index contributed by atoms with van der Waals surface area (Å²) >= 11 is 0. The van der Waals surface area contributed by atoms with Gasteiger partial charge in [0.2, 0.25) is 10.0 Å². The van der Waals surface area contributed by atoms with Crippen LogP contribution in [-0.4, -0.2) is 27.7 Å². The van der Waals surface area contributed by atoms with E-state index in [1.54, 1.807) is 0 Å². The van der Waals surface area contributed by atoms with Gasteiger partial charge in [0.25, 0.3) is 0 Å². The lowest BCUT2D eigenvalue weighted by atomic mass is 10.1. The Morgan fingerprint density at radius 3 is 2.76 bits per heavy atom. The van der Waals surface area contributed by atoms with Gasteiger partial charge in [-0.2, -0.15) is 0 Å². The van der Waals surface area contributed by atoms with Gasteiger partial charge in [0.15, 0.2) is 5.82 Å². The maximum atomic E-state index is 13.7. The minimum absolute atomic E-state index is 0.0181. The number of hydrogen-bond acceptors (Lipinski definition) is 4. The van der Waals surface area contributed by atoms with Crippen molar-refractivity contribution in [3.63, 3.8) is 0 Å². The van der Waals surface area contributed by atoms with Crippen molar-refractivity contribution >= 4 is 15.7 Å². The second-order valence-electron chi connectivity index (χ2n) is 4.95. The SMILES string of the molecule is Nc1c(F)ccc(S(=O)(=O)NCCC2CCCCO2)c1F. The summed E-state index contributed by atoms with van der Waals surface area (Å²) in [6.45, 7) is 0.810. The van der Waals surface area contributed by atoms with Crippen LogP contribution in [0.3, 0.4) is 0 Å². The molecule has 1 aliphatic heterocycles. The molecule has 1 atom stereocenters. The van der Waals surface area contributed by atoms with Gasteiger partial charge in [-0.1, -0.05) is 0 Å². The van der Waals surface area contributed by atoms with E-state index in [0.717, 1.165) is 31.4 Å². The minimum Gasteiger partial charge on any atom is -0.394 e. The van der Waals surface area contributed by atoms with E-state index >= 15 is 0 Å². The van der Waals surface area contributed by atoms with E-state index in [9.17, 15) is 17.2 Å². The first-order valence-electron chi connectivity index (χ1n) is 6.76. The second kappa shape index (κ2) is 6.67. The summed E-state index contributed by atoms with van der Waals surface area (Å²) in [6.07, 6.45) is 3.49. The molecule has 1 aromatic rings. The highest BCUT2D eigenvalue weighted by atomic mass is 32.2. The Balaban J connectivity index is 2.00. The van der Waals surface area contributed by atoms with Crippen molar-refractivity contribution < 1.29 is 21.9 Å². The number of nitrogens with two attached hydrogens (primary N) is 1. The molecule has 0 aromatic heterocycles. The number of ether oxygens (including phenoxy) is 1. The molecule has 1 saturated heterocycles. The van der Waals surface area contributed by atoms with E-state index in [0.29, 0.717) is 13.0 Å². The number of benzene rings is 1. The smallest absolute Gasteiger partial charge is 0.243 e. The van der Waals surface area contributed by atoms with Crippen molar-refractivity contribution in [2.24, 2.45) is 0 Å². The molecule has 1 unspecified atom stereocenters. The van der Waals surface area contributed by atoms with Gasteiger partial charge in [-0.25, -0.2) is 21.9 Å². The highest BCUT2D eigenvalue weighted by Crippen LogP contribution is 2.22. The summed E-state index contributed by atoms with van der Waals surface area (Å²) in [6, 6.07) is 1.69. The Labute approximate surface area is 122 Å². The normalized spacial score (nSPS) is 19.6. The van der Waals surface area contributed by atoms with Crippen LogP contribution in [0, 0.1) is 11.6 Å². The number of rotatable bonds is 5. The predicted octanol–water partition coefficient (Wildman–Crippen LogP) is 1.78. The van der Waals surface area contributed by atoms with Crippen molar-refractivity contribution in [1.29, 1.82) is 0 Å². The number of nitrogen functional groups attached to an aromatic ring is 1. The van der Waals surface area contributed by atoms with Gasteiger partial charge >= 0.3 is 0 Å². The summed E-state index contributed by atoms with van der Waals surface area (Å²) < 4.78 is 58.5. The standard InChI is InChI=1S/C13H18F2N2O3S/c14-10-4-5-11(12(15)13(10)16)21(18,19)17-7-6-9-3-1-2-8-20-9/h4-5,9,17H,1-3,6-8,16H2. The molecule has 0 amide bonds. The Kier molecular flexibility index (Phi) is 5.13. The van der Waals surface area contributed by atoms with E-state index in [4.69, 9.17) is 10.5 Å². The van der Waals surface area contributed by atoms with Crippen LogP contribution >= 0.6 is 0 Å². The number of sulfonamides is 1. The van der Waals surface area contributed by atoms with Crippen molar-refractivity contribution in [3.8, 4) is 0 Å². The number of halogens is 2. The maximum Gasteiger partial charge on any atom is 0.243 e. The summed E-state index contributed by atoms with van der Waals surface area (Å²) in [5.74, 6) is -2.25. The fraction of sp³-hybridized carbons (Fsp3) is 0.538. The van der Waals surface area contributed by atoms with Crippen molar-refractivity contribution in [2.75, 3.05) is 18.9 Å². The Morgan fingerprint density at radius 1 is 1.33 bits per heavy atom. The topological polar surface area (TPSA) is 81.4 Å². The number of nitrogens with one attached hydrogen (secondary N) is 1. The van der Waals surface area contributed by atoms with E-state index in [1.807, 2.05) is 0 Å². The predicted molar refractivity (Wildman–Crippen MR) is 74.2 cm³/mol. The monoisotopic (exact) mass is 320 g/mol. The molecule has 0 bridgehead atoms. The van der Waals surface area contributed by atoms with E-state index < -0.39 is 32.2 Å². The van der Waals surface area contributed by atoms with E-state index in [2.05, 4.69) is 4.72 Å². The van der Waals surface area contributed by atoms with Crippen LogP contribution in [-0.2, 0) is 14.8 Å². The first-order valence-corrected chi connectivity index (χ1v) is 8.25. The van der Waals surface area contributed by atoms with Crippen LogP contribution in [0.2, 0.25) is 0 Å². The largest absolute Gasteiger partial charge is 0.394 e. The molecule has 8 heteroatoms. The quantitative estimate of drug-likeness (QED) is 0.810. The van der Waals surface area contributed by atoms with Gasteiger partial charge < -0.3 is 10.5 Å². The fourth-order valence-corrected chi connectivity index (χ4v) is 3.36. The average molecular weight is 320 g/mol. The molecule has 0 aliphatic carbocycles. The van der Waals surface area contributed by atoms with Gasteiger partial charge in [-0.05, 0) is 37.8 Å². The fourth-order valence-electron chi connectivity index (χ4n) is 2.22. The highest BCUT2D eigenvalue weighted by Gasteiger charge is 2.23. The maximum absolute atomic E-state index is 13.7. The molecule has 1 aliphatic rings. The molecular weight excluding hydrogens is 302 g/mol. The van der Waals surface area contributed by atoms with Crippen LogP contribution < -0.4 is 10.5 Å². The van der Waals surface area contributed by atoms with Gasteiger partial charge in [0, 0.05) is 13.2 Å². The first-order chi connectivity index (χ1) is 9.92. The third-order valence-electron chi connectivity index (χ3n) is 3.41. The second-order valence-corrected chi connectivity index (χ2v) is 6.68. The van der Waals surface area contributed by atoms with Crippen LogP contribution in [0.1, 0.15) is 25.7 Å². The molecule has 0 saturated carbocycles. The van der Waals surface area contributed by atoms with Crippen molar-refractivity contribution in [3.05, 3.63) is 23.8 Å². The van der Waals surface area contributed by atoms with Crippen LogP contribution in [0.5, 0.6) is 0 Å². The van der Waals surface area contributed by atoms with Gasteiger partial charge in [0.05, 0.1) is 6.10 Å². The minimum atomic E-state index is -4.06. The molecule has 2 rings (SSSR count). The molecule has 1 aromatic carbocycles.